The molecule has 0 saturated carbocycles. The smallest absolute Gasteiger partial charge is 0.407 e. The highest BCUT2D eigenvalue weighted by molar-refractivity contribution is 5.80. The predicted octanol–water partition coefficient (Wildman–Crippen LogP) is 2.86. The Labute approximate surface area is 144 Å². The Morgan fingerprint density at radius 3 is 2.88 bits per heavy atom. The molecule has 126 valence electrons. The second-order valence-electron chi connectivity index (χ2n) is 5.35. The third-order valence-electron chi connectivity index (χ3n) is 3.55. The van der Waals surface area contributed by atoms with E-state index in [9.17, 15) is 9.59 Å². The van der Waals surface area contributed by atoms with Gasteiger partial charge in [-0.05, 0) is 23.3 Å². The Kier molecular flexibility index (Phi) is 5.21. The first-order valence-electron chi connectivity index (χ1n) is 7.81. The molecule has 0 radical (unpaired) electrons. The number of aromatic nitrogens is 2. The van der Waals surface area contributed by atoms with Crippen LogP contribution in [0, 0.1) is 0 Å². The monoisotopic (exact) mass is 335 g/mol. The lowest BCUT2D eigenvalue weighted by Crippen LogP contribution is -2.24. The molecular formula is C19H17N3O3. The molecule has 3 rings (SSSR count). The van der Waals surface area contributed by atoms with E-state index in [4.69, 9.17) is 4.74 Å². The maximum atomic E-state index is 11.7. The fourth-order valence-electron chi connectivity index (χ4n) is 2.30. The summed E-state index contributed by atoms with van der Waals surface area (Å²) in [5.41, 5.74) is 2.25. The average Bonchev–Trinajstić information content (AvgIpc) is 2.65. The van der Waals surface area contributed by atoms with Crippen molar-refractivity contribution in [2.24, 2.45) is 0 Å². The number of rotatable bonds is 5. The van der Waals surface area contributed by atoms with Crippen LogP contribution in [0.1, 0.15) is 11.1 Å². The molecule has 0 bridgehead atoms. The molecule has 0 unspecified atom stereocenters. The maximum absolute atomic E-state index is 11.7. The maximum Gasteiger partial charge on any atom is 0.407 e. The fourth-order valence-corrected chi connectivity index (χ4v) is 2.30. The molecule has 2 aromatic carbocycles. The van der Waals surface area contributed by atoms with E-state index in [1.54, 1.807) is 18.2 Å². The normalized spacial score (nSPS) is 10.9. The Bertz CT molecular complexity index is 949. The van der Waals surface area contributed by atoms with E-state index in [1.165, 1.54) is 6.33 Å². The molecule has 1 aromatic heterocycles. The van der Waals surface area contributed by atoms with Crippen molar-refractivity contribution in [1.29, 1.82) is 0 Å². The van der Waals surface area contributed by atoms with E-state index in [1.807, 2.05) is 42.5 Å². The standard InChI is InChI=1S/C19H17N3O3/c23-18-16-11-14(8-9-17(16)21-13-22-18)7-4-10-20-19(24)25-12-15-5-2-1-3-6-15/h1-9,11,13H,10,12H2,(H,20,24)(H,21,22,23). The molecule has 1 heterocycles. The summed E-state index contributed by atoms with van der Waals surface area (Å²) in [5, 5.41) is 3.17. The summed E-state index contributed by atoms with van der Waals surface area (Å²) in [6.07, 6.45) is 4.51. The average molecular weight is 335 g/mol. The Morgan fingerprint density at radius 2 is 2.04 bits per heavy atom. The van der Waals surface area contributed by atoms with Crippen LogP contribution in [0.3, 0.4) is 0 Å². The van der Waals surface area contributed by atoms with Gasteiger partial charge in [-0.2, -0.15) is 0 Å². The number of nitrogens with zero attached hydrogens (tertiary/aromatic N) is 1. The molecular weight excluding hydrogens is 318 g/mol. The van der Waals surface area contributed by atoms with Crippen molar-refractivity contribution in [2.75, 3.05) is 6.54 Å². The lowest BCUT2D eigenvalue weighted by molar-refractivity contribution is 0.141. The number of H-pyrrole nitrogens is 1. The molecule has 1 amide bonds. The number of alkyl carbamates (subject to hydrolysis) is 1. The molecule has 6 nitrogen and oxygen atoms in total. The van der Waals surface area contributed by atoms with Crippen LogP contribution in [-0.2, 0) is 11.3 Å². The molecule has 0 saturated heterocycles. The van der Waals surface area contributed by atoms with Crippen LogP contribution in [0.15, 0.2) is 65.7 Å². The van der Waals surface area contributed by atoms with E-state index >= 15 is 0 Å². The van der Waals surface area contributed by atoms with Gasteiger partial charge in [0.15, 0.2) is 0 Å². The summed E-state index contributed by atoms with van der Waals surface area (Å²) in [6.45, 7) is 0.561. The van der Waals surface area contributed by atoms with Crippen LogP contribution in [-0.4, -0.2) is 22.6 Å². The van der Waals surface area contributed by atoms with Crippen molar-refractivity contribution in [3.63, 3.8) is 0 Å². The SMILES string of the molecule is O=C(NCC=Cc1ccc2nc[nH]c(=O)c2c1)OCc1ccccc1. The van der Waals surface area contributed by atoms with E-state index in [2.05, 4.69) is 15.3 Å². The lowest BCUT2D eigenvalue weighted by Gasteiger charge is -2.05. The Balaban J connectivity index is 1.50. The number of hydrogen-bond donors (Lipinski definition) is 2. The zero-order valence-electron chi connectivity index (χ0n) is 13.4. The third-order valence-corrected chi connectivity index (χ3v) is 3.55. The van der Waals surface area contributed by atoms with Crippen LogP contribution in [0.2, 0.25) is 0 Å². The zero-order chi connectivity index (χ0) is 17.5. The third kappa shape index (κ3) is 4.54. The van der Waals surface area contributed by atoms with Crippen LogP contribution >= 0.6 is 0 Å². The van der Waals surface area contributed by atoms with Gasteiger partial charge in [-0.1, -0.05) is 48.6 Å². The second kappa shape index (κ2) is 7.92. The number of ether oxygens (including phenoxy) is 1. The number of amides is 1. The van der Waals surface area contributed by atoms with Crippen LogP contribution in [0.5, 0.6) is 0 Å². The van der Waals surface area contributed by atoms with E-state index in [0.717, 1.165) is 11.1 Å². The highest BCUT2D eigenvalue weighted by Gasteiger charge is 2.01. The quantitative estimate of drug-likeness (QED) is 0.751. The van der Waals surface area contributed by atoms with Crippen LogP contribution in [0.4, 0.5) is 4.79 Å². The molecule has 0 aliphatic heterocycles. The number of carbonyl (C=O) groups excluding carboxylic acids is 1. The first-order chi connectivity index (χ1) is 12.2. The first-order valence-corrected chi connectivity index (χ1v) is 7.81. The van der Waals surface area contributed by atoms with Gasteiger partial charge in [-0.3, -0.25) is 4.79 Å². The van der Waals surface area contributed by atoms with Crippen LogP contribution < -0.4 is 10.9 Å². The summed E-state index contributed by atoms with van der Waals surface area (Å²) in [6, 6.07) is 14.9. The highest BCUT2D eigenvalue weighted by Crippen LogP contribution is 2.10. The minimum Gasteiger partial charge on any atom is -0.445 e. The predicted molar refractivity (Wildman–Crippen MR) is 96.0 cm³/mol. The van der Waals surface area contributed by atoms with Gasteiger partial charge < -0.3 is 15.0 Å². The largest absolute Gasteiger partial charge is 0.445 e. The van der Waals surface area contributed by atoms with E-state index in [-0.39, 0.29) is 12.2 Å². The summed E-state index contributed by atoms with van der Waals surface area (Å²) in [7, 11) is 0. The van der Waals surface area contributed by atoms with Crippen molar-refractivity contribution < 1.29 is 9.53 Å². The van der Waals surface area contributed by atoms with Gasteiger partial charge in [0.2, 0.25) is 0 Å². The Morgan fingerprint density at radius 1 is 1.20 bits per heavy atom. The number of carbonyl (C=O) groups is 1. The summed E-state index contributed by atoms with van der Waals surface area (Å²) in [4.78, 5) is 30.0. The van der Waals surface area contributed by atoms with Gasteiger partial charge in [-0.15, -0.1) is 0 Å². The van der Waals surface area contributed by atoms with Crippen LogP contribution in [0.25, 0.3) is 17.0 Å². The molecule has 2 N–H and O–H groups in total. The molecule has 0 aliphatic rings. The number of aromatic amines is 1. The van der Waals surface area contributed by atoms with Crippen molar-refractivity contribution >= 4 is 23.1 Å². The van der Waals surface area contributed by atoms with E-state index < -0.39 is 6.09 Å². The van der Waals surface area contributed by atoms with E-state index in [0.29, 0.717) is 17.4 Å². The highest BCUT2D eigenvalue weighted by atomic mass is 16.5. The lowest BCUT2D eigenvalue weighted by atomic mass is 10.1. The number of benzene rings is 2. The van der Waals surface area contributed by atoms with Gasteiger partial charge in [0.25, 0.3) is 5.56 Å². The van der Waals surface area contributed by atoms with Gasteiger partial charge in [0, 0.05) is 6.54 Å². The molecule has 0 aliphatic carbocycles. The van der Waals surface area contributed by atoms with Gasteiger partial charge in [-0.25, -0.2) is 9.78 Å². The summed E-state index contributed by atoms with van der Waals surface area (Å²) in [5.74, 6) is 0. The molecule has 25 heavy (non-hydrogen) atoms. The number of fused-ring (bicyclic) bond motifs is 1. The molecule has 0 fully saturated rings. The second-order valence-corrected chi connectivity index (χ2v) is 5.35. The van der Waals surface area contributed by atoms with Crippen molar-refractivity contribution in [1.82, 2.24) is 15.3 Å². The molecule has 6 heteroatoms. The summed E-state index contributed by atoms with van der Waals surface area (Å²) >= 11 is 0. The first kappa shape index (κ1) is 16.4. The Hall–Kier alpha value is -3.41. The van der Waals surface area contributed by atoms with Crippen molar-refractivity contribution in [2.45, 2.75) is 6.61 Å². The minimum absolute atomic E-state index is 0.178. The minimum atomic E-state index is -0.479. The zero-order valence-corrected chi connectivity index (χ0v) is 13.4. The molecule has 0 atom stereocenters. The molecule has 3 aromatic rings. The van der Waals surface area contributed by atoms with Crippen molar-refractivity contribution in [3.8, 4) is 0 Å². The molecule has 0 spiro atoms. The van der Waals surface area contributed by atoms with Crippen molar-refractivity contribution in [3.05, 3.63) is 82.4 Å². The summed E-state index contributed by atoms with van der Waals surface area (Å²) < 4.78 is 5.12. The van der Waals surface area contributed by atoms with Gasteiger partial charge in [0.1, 0.15) is 6.61 Å². The topological polar surface area (TPSA) is 84.1 Å². The fraction of sp³-hybridized carbons (Fsp3) is 0.105. The number of nitrogens with one attached hydrogen (secondary N) is 2. The van der Waals surface area contributed by atoms with Gasteiger partial charge in [0.05, 0.1) is 17.2 Å². The number of hydrogen-bond acceptors (Lipinski definition) is 4. The van der Waals surface area contributed by atoms with Gasteiger partial charge >= 0.3 is 6.09 Å².